The van der Waals surface area contributed by atoms with E-state index in [2.05, 4.69) is 17.1 Å². The highest BCUT2D eigenvalue weighted by Crippen LogP contribution is 2.20. The normalized spacial score (nSPS) is 22.8. The Morgan fingerprint density at radius 1 is 1.20 bits per heavy atom. The average molecular weight is 347 g/mol. The van der Waals surface area contributed by atoms with Crippen LogP contribution in [0.4, 0.5) is 0 Å². The summed E-state index contributed by atoms with van der Waals surface area (Å²) in [7, 11) is 0. The molecule has 0 aromatic carbocycles. The van der Waals surface area contributed by atoms with Gasteiger partial charge in [-0.05, 0) is 45.2 Å². The zero-order valence-electron chi connectivity index (χ0n) is 15.1. The van der Waals surface area contributed by atoms with Crippen molar-refractivity contribution in [2.75, 3.05) is 32.7 Å². The van der Waals surface area contributed by atoms with Gasteiger partial charge in [-0.3, -0.25) is 14.5 Å². The van der Waals surface area contributed by atoms with Crippen LogP contribution in [0.3, 0.4) is 0 Å². The van der Waals surface area contributed by atoms with Gasteiger partial charge < -0.3 is 14.6 Å². The first-order chi connectivity index (χ1) is 12.1. The molecule has 6 heteroatoms. The number of hydrogen-bond donors (Lipinski definition) is 1. The molecule has 2 fully saturated rings. The van der Waals surface area contributed by atoms with Crippen molar-refractivity contribution in [1.29, 1.82) is 0 Å². The van der Waals surface area contributed by atoms with E-state index in [1.807, 2.05) is 4.90 Å². The number of amides is 2. The van der Waals surface area contributed by atoms with Crippen LogP contribution in [0.1, 0.15) is 49.4 Å². The van der Waals surface area contributed by atoms with Gasteiger partial charge in [-0.25, -0.2) is 0 Å². The fourth-order valence-electron chi connectivity index (χ4n) is 3.87. The summed E-state index contributed by atoms with van der Waals surface area (Å²) in [5.74, 6) is 0.152. The van der Waals surface area contributed by atoms with Crippen LogP contribution in [-0.4, -0.2) is 60.4 Å². The smallest absolute Gasteiger partial charge is 0.257 e. The number of nitrogens with zero attached hydrogens (tertiary/aromatic N) is 2. The van der Waals surface area contributed by atoms with Crippen LogP contribution in [0.2, 0.25) is 0 Å². The fraction of sp³-hybridized carbons (Fsp3) is 0.684. The van der Waals surface area contributed by atoms with E-state index >= 15 is 0 Å². The van der Waals surface area contributed by atoms with E-state index in [0.717, 1.165) is 32.5 Å². The monoisotopic (exact) mass is 347 g/mol. The number of piperidine rings is 2. The molecule has 3 heterocycles. The number of hydrogen-bond acceptors (Lipinski definition) is 4. The summed E-state index contributed by atoms with van der Waals surface area (Å²) in [6.07, 6.45) is 8.29. The van der Waals surface area contributed by atoms with Crippen molar-refractivity contribution >= 4 is 11.8 Å². The molecule has 0 saturated carbocycles. The van der Waals surface area contributed by atoms with Crippen molar-refractivity contribution in [2.45, 2.75) is 45.1 Å². The van der Waals surface area contributed by atoms with Gasteiger partial charge in [0.1, 0.15) is 6.26 Å². The van der Waals surface area contributed by atoms with Crippen molar-refractivity contribution in [3.63, 3.8) is 0 Å². The standard InChI is InChI=1S/C19H29N3O3/c1-15-4-2-3-9-21(15)12-8-20-18(23)16-5-10-22(11-6-16)19(24)17-7-13-25-14-17/h7,13-16H,2-6,8-12H2,1H3,(H,20,23)/t15-/m0/s1. The molecule has 2 aliphatic rings. The van der Waals surface area contributed by atoms with Gasteiger partial charge in [0, 0.05) is 38.1 Å². The predicted octanol–water partition coefficient (Wildman–Crippen LogP) is 2.12. The molecule has 3 rings (SSSR count). The SMILES string of the molecule is C[C@H]1CCCCN1CCNC(=O)C1CCN(C(=O)c2ccoc2)CC1. The van der Waals surface area contributed by atoms with E-state index in [0.29, 0.717) is 24.7 Å². The van der Waals surface area contributed by atoms with E-state index in [4.69, 9.17) is 4.42 Å². The van der Waals surface area contributed by atoms with E-state index in [1.54, 1.807) is 6.07 Å². The van der Waals surface area contributed by atoms with Gasteiger partial charge in [0.2, 0.25) is 5.91 Å². The first kappa shape index (κ1) is 18.0. The van der Waals surface area contributed by atoms with Crippen LogP contribution in [-0.2, 0) is 4.79 Å². The minimum absolute atomic E-state index is 0.00769. The second-order valence-electron chi connectivity index (χ2n) is 7.25. The van der Waals surface area contributed by atoms with Gasteiger partial charge in [0.15, 0.2) is 0 Å². The van der Waals surface area contributed by atoms with Crippen LogP contribution in [0.5, 0.6) is 0 Å². The first-order valence-electron chi connectivity index (χ1n) is 9.48. The minimum Gasteiger partial charge on any atom is -0.472 e. The third-order valence-electron chi connectivity index (χ3n) is 5.56. The highest BCUT2D eigenvalue weighted by molar-refractivity contribution is 5.94. The molecule has 2 aliphatic heterocycles. The molecule has 0 bridgehead atoms. The molecule has 0 radical (unpaired) electrons. The maximum atomic E-state index is 12.4. The lowest BCUT2D eigenvalue weighted by atomic mass is 9.95. The van der Waals surface area contributed by atoms with Crippen molar-refractivity contribution in [3.8, 4) is 0 Å². The molecule has 2 saturated heterocycles. The van der Waals surface area contributed by atoms with Gasteiger partial charge in [-0.15, -0.1) is 0 Å². The molecule has 0 spiro atoms. The summed E-state index contributed by atoms with van der Waals surface area (Å²) in [5.41, 5.74) is 0.582. The fourth-order valence-corrected chi connectivity index (χ4v) is 3.87. The Morgan fingerprint density at radius 2 is 2.00 bits per heavy atom. The number of carbonyl (C=O) groups is 2. The second kappa shape index (κ2) is 8.52. The summed E-state index contributed by atoms with van der Waals surface area (Å²) in [6.45, 7) is 6.33. The number of likely N-dealkylation sites (tertiary alicyclic amines) is 2. The minimum atomic E-state index is -0.00769. The summed E-state index contributed by atoms with van der Waals surface area (Å²) in [4.78, 5) is 28.9. The van der Waals surface area contributed by atoms with Crippen molar-refractivity contribution in [3.05, 3.63) is 24.2 Å². The molecule has 6 nitrogen and oxygen atoms in total. The molecule has 1 aromatic rings. The van der Waals surface area contributed by atoms with Crippen molar-refractivity contribution in [2.24, 2.45) is 5.92 Å². The van der Waals surface area contributed by atoms with Crippen LogP contribution < -0.4 is 5.32 Å². The average Bonchev–Trinajstić information content (AvgIpc) is 3.17. The lowest BCUT2D eigenvalue weighted by Crippen LogP contribution is -2.46. The Labute approximate surface area is 149 Å². The topological polar surface area (TPSA) is 65.8 Å². The molecule has 138 valence electrons. The molecule has 25 heavy (non-hydrogen) atoms. The Balaban J connectivity index is 1.37. The molecule has 1 N–H and O–H groups in total. The molecule has 2 amide bonds. The molecule has 0 unspecified atom stereocenters. The molecular formula is C19H29N3O3. The maximum Gasteiger partial charge on any atom is 0.257 e. The maximum absolute atomic E-state index is 12.4. The number of carbonyl (C=O) groups excluding carboxylic acids is 2. The number of rotatable bonds is 5. The van der Waals surface area contributed by atoms with Crippen LogP contribution >= 0.6 is 0 Å². The van der Waals surface area contributed by atoms with Crippen LogP contribution in [0, 0.1) is 5.92 Å². The Hall–Kier alpha value is -1.82. The van der Waals surface area contributed by atoms with E-state index in [9.17, 15) is 9.59 Å². The largest absolute Gasteiger partial charge is 0.472 e. The summed E-state index contributed by atoms with van der Waals surface area (Å²) >= 11 is 0. The van der Waals surface area contributed by atoms with Crippen LogP contribution in [0.25, 0.3) is 0 Å². The number of nitrogens with one attached hydrogen (secondary N) is 1. The van der Waals surface area contributed by atoms with Gasteiger partial charge in [-0.2, -0.15) is 0 Å². The van der Waals surface area contributed by atoms with Crippen molar-refractivity contribution in [1.82, 2.24) is 15.1 Å². The summed E-state index contributed by atoms with van der Waals surface area (Å²) < 4.78 is 4.97. The lowest BCUT2D eigenvalue weighted by Gasteiger charge is -2.34. The zero-order chi connectivity index (χ0) is 17.6. The Kier molecular flexibility index (Phi) is 6.13. The van der Waals surface area contributed by atoms with E-state index in [1.165, 1.54) is 31.8 Å². The summed E-state index contributed by atoms with van der Waals surface area (Å²) in [6, 6.07) is 2.31. The predicted molar refractivity (Wildman–Crippen MR) is 95.2 cm³/mol. The Morgan fingerprint density at radius 3 is 2.68 bits per heavy atom. The highest BCUT2D eigenvalue weighted by atomic mass is 16.3. The van der Waals surface area contributed by atoms with Crippen molar-refractivity contribution < 1.29 is 14.0 Å². The van der Waals surface area contributed by atoms with Gasteiger partial charge in [0.25, 0.3) is 5.91 Å². The van der Waals surface area contributed by atoms with E-state index < -0.39 is 0 Å². The lowest BCUT2D eigenvalue weighted by molar-refractivity contribution is -0.126. The van der Waals surface area contributed by atoms with Crippen LogP contribution in [0.15, 0.2) is 23.0 Å². The Bertz CT molecular complexity index is 564. The van der Waals surface area contributed by atoms with Gasteiger partial charge in [-0.1, -0.05) is 6.42 Å². The second-order valence-corrected chi connectivity index (χ2v) is 7.25. The molecule has 0 aliphatic carbocycles. The zero-order valence-corrected chi connectivity index (χ0v) is 15.1. The van der Waals surface area contributed by atoms with Gasteiger partial charge in [0.05, 0.1) is 11.8 Å². The van der Waals surface area contributed by atoms with Gasteiger partial charge >= 0.3 is 0 Å². The van der Waals surface area contributed by atoms with E-state index in [-0.39, 0.29) is 17.7 Å². The molecule has 1 aromatic heterocycles. The molecular weight excluding hydrogens is 318 g/mol. The third kappa shape index (κ3) is 4.63. The number of furan rings is 1. The highest BCUT2D eigenvalue weighted by Gasteiger charge is 2.28. The molecule has 1 atom stereocenters. The first-order valence-corrected chi connectivity index (χ1v) is 9.48. The third-order valence-corrected chi connectivity index (χ3v) is 5.56. The summed E-state index contributed by atoms with van der Waals surface area (Å²) in [5, 5.41) is 3.09. The quantitative estimate of drug-likeness (QED) is 0.886.